The van der Waals surface area contributed by atoms with E-state index in [0.29, 0.717) is 0 Å². The number of amides is 1. The van der Waals surface area contributed by atoms with Crippen LogP contribution in [-0.4, -0.2) is 5.91 Å². The molecule has 2 nitrogen and oxygen atoms in total. The van der Waals surface area contributed by atoms with Gasteiger partial charge in [-0.05, 0) is 38.5 Å². The monoisotopic (exact) mass is 449 g/mol. The van der Waals surface area contributed by atoms with Gasteiger partial charge in [0.15, 0.2) is 0 Å². The number of carbonyl (C=O) groups is 1. The molecule has 0 fully saturated rings. The van der Waals surface area contributed by atoms with E-state index in [-0.39, 0.29) is 11.8 Å². The van der Waals surface area contributed by atoms with Gasteiger partial charge in [-0.1, -0.05) is 142 Å². The minimum absolute atomic E-state index is 0.0708. The van der Waals surface area contributed by atoms with E-state index < -0.39 is 0 Å². The zero-order valence-corrected chi connectivity index (χ0v) is 22.2. The Bertz CT molecular complexity index is 404. The second kappa shape index (κ2) is 26.5. The lowest BCUT2D eigenvalue weighted by atomic mass is 9.93. The summed E-state index contributed by atoms with van der Waals surface area (Å²) in [4.78, 5) is 11.8. The molecule has 0 aliphatic carbocycles. The smallest absolute Gasteiger partial charge is 0.220 e. The van der Waals surface area contributed by atoms with Crippen LogP contribution in [0.5, 0.6) is 0 Å². The van der Waals surface area contributed by atoms with Gasteiger partial charge >= 0.3 is 0 Å². The summed E-state index contributed by atoms with van der Waals surface area (Å²) in [5.41, 5.74) is 5.66. The standard InChI is InChI=1S/C30H59NO/c1-3-5-7-9-11-13-15-16-17-18-20-22-24-26-28-29(30(31)32)27-25-23-21-19-14-12-10-8-6-4-2/h16-17,29H,3-15,18-28H2,1-2H3,(H2,31,32). The average Bonchev–Trinajstić information content (AvgIpc) is 2.78. The van der Waals surface area contributed by atoms with E-state index in [0.717, 1.165) is 19.3 Å². The summed E-state index contributed by atoms with van der Waals surface area (Å²) >= 11 is 0. The topological polar surface area (TPSA) is 43.1 Å². The van der Waals surface area contributed by atoms with E-state index in [1.165, 1.54) is 135 Å². The maximum atomic E-state index is 11.8. The van der Waals surface area contributed by atoms with Crippen molar-refractivity contribution in [1.82, 2.24) is 0 Å². The highest BCUT2D eigenvalue weighted by molar-refractivity contribution is 5.76. The fourth-order valence-electron chi connectivity index (χ4n) is 4.59. The Hall–Kier alpha value is -0.790. The lowest BCUT2D eigenvalue weighted by Gasteiger charge is -2.13. The van der Waals surface area contributed by atoms with Gasteiger partial charge in [0.05, 0.1) is 0 Å². The van der Waals surface area contributed by atoms with E-state index >= 15 is 0 Å². The van der Waals surface area contributed by atoms with Crippen LogP contribution in [0.4, 0.5) is 0 Å². The summed E-state index contributed by atoms with van der Waals surface area (Å²) in [7, 11) is 0. The number of hydrogen-bond donors (Lipinski definition) is 1. The van der Waals surface area contributed by atoms with Gasteiger partial charge in [-0.15, -0.1) is 0 Å². The Morgan fingerprint density at radius 1 is 0.531 bits per heavy atom. The van der Waals surface area contributed by atoms with Crippen molar-refractivity contribution >= 4 is 5.91 Å². The fourth-order valence-corrected chi connectivity index (χ4v) is 4.59. The molecule has 1 atom stereocenters. The van der Waals surface area contributed by atoms with E-state index in [9.17, 15) is 4.79 Å². The van der Waals surface area contributed by atoms with Gasteiger partial charge in [-0.3, -0.25) is 4.79 Å². The minimum Gasteiger partial charge on any atom is -0.369 e. The predicted molar refractivity (Wildman–Crippen MR) is 144 cm³/mol. The molecule has 0 aliphatic rings. The maximum absolute atomic E-state index is 11.8. The molecule has 0 radical (unpaired) electrons. The predicted octanol–water partition coefficient (Wildman–Crippen LogP) is 10.0. The van der Waals surface area contributed by atoms with Crippen LogP contribution in [0.2, 0.25) is 0 Å². The van der Waals surface area contributed by atoms with Crippen LogP contribution >= 0.6 is 0 Å². The molecule has 1 amide bonds. The molecule has 0 rings (SSSR count). The zero-order chi connectivity index (χ0) is 23.5. The molecule has 0 heterocycles. The van der Waals surface area contributed by atoms with Gasteiger partial charge in [0.1, 0.15) is 0 Å². The van der Waals surface area contributed by atoms with Gasteiger partial charge in [-0.25, -0.2) is 0 Å². The van der Waals surface area contributed by atoms with E-state index in [2.05, 4.69) is 26.0 Å². The maximum Gasteiger partial charge on any atom is 0.220 e. The molecule has 0 aromatic heterocycles. The molecule has 0 spiro atoms. The highest BCUT2D eigenvalue weighted by Gasteiger charge is 2.14. The largest absolute Gasteiger partial charge is 0.369 e. The molecular weight excluding hydrogens is 390 g/mol. The highest BCUT2D eigenvalue weighted by Crippen LogP contribution is 2.19. The molecule has 1 unspecified atom stereocenters. The van der Waals surface area contributed by atoms with Gasteiger partial charge in [0.25, 0.3) is 0 Å². The first-order valence-corrected chi connectivity index (χ1v) is 14.7. The summed E-state index contributed by atoms with van der Waals surface area (Å²) < 4.78 is 0. The van der Waals surface area contributed by atoms with Crippen LogP contribution in [0.3, 0.4) is 0 Å². The van der Waals surface area contributed by atoms with Gasteiger partial charge < -0.3 is 5.73 Å². The van der Waals surface area contributed by atoms with Gasteiger partial charge in [0, 0.05) is 5.92 Å². The SMILES string of the molecule is CCCCCCCCC=CCCCCCCC(CCCCCCCCCCCC)C(N)=O. The molecule has 0 aromatic rings. The lowest BCUT2D eigenvalue weighted by Crippen LogP contribution is -2.23. The fraction of sp³-hybridized carbons (Fsp3) is 0.900. The Balaban J connectivity index is 3.48. The van der Waals surface area contributed by atoms with Crippen molar-refractivity contribution in [3.8, 4) is 0 Å². The molecular formula is C30H59NO. The number of allylic oxidation sites excluding steroid dienone is 2. The number of nitrogens with two attached hydrogens (primary N) is 1. The van der Waals surface area contributed by atoms with Gasteiger partial charge in [0.2, 0.25) is 5.91 Å². The number of hydrogen-bond acceptors (Lipinski definition) is 1. The Morgan fingerprint density at radius 3 is 1.19 bits per heavy atom. The van der Waals surface area contributed by atoms with E-state index in [4.69, 9.17) is 5.73 Å². The summed E-state index contributed by atoms with van der Waals surface area (Å²) in [5.74, 6) is 0.0415. The van der Waals surface area contributed by atoms with E-state index in [1.54, 1.807) is 0 Å². The quantitative estimate of drug-likeness (QED) is 0.104. The van der Waals surface area contributed by atoms with Crippen molar-refractivity contribution in [2.75, 3.05) is 0 Å². The third kappa shape index (κ3) is 23.9. The Labute approximate surface area is 202 Å². The zero-order valence-electron chi connectivity index (χ0n) is 22.2. The van der Waals surface area contributed by atoms with Crippen LogP contribution < -0.4 is 5.73 Å². The average molecular weight is 450 g/mol. The third-order valence-electron chi connectivity index (χ3n) is 6.87. The molecule has 0 saturated heterocycles. The lowest BCUT2D eigenvalue weighted by molar-refractivity contribution is -0.122. The summed E-state index contributed by atoms with van der Waals surface area (Å²) in [6, 6.07) is 0. The Kier molecular flexibility index (Phi) is 25.8. The normalized spacial score (nSPS) is 12.6. The number of rotatable bonds is 26. The van der Waals surface area contributed by atoms with Crippen molar-refractivity contribution in [1.29, 1.82) is 0 Å². The molecule has 32 heavy (non-hydrogen) atoms. The molecule has 0 aliphatic heterocycles. The van der Waals surface area contributed by atoms with Crippen LogP contribution in [0.25, 0.3) is 0 Å². The molecule has 0 saturated carbocycles. The molecule has 2 heteroatoms. The molecule has 0 aromatic carbocycles. The first kappa shape index (κ1) is 31.2. The van der Waals surface area contributed by atoms with Crippen molar-refractivity contribution in [2.24, 2.45) is 11.7 Å². The van der Waals surface area contributed by atoms with Gasteiger partial charge in [-0.2, -0.15) is 0 Å². The van der Waals surface area contributed by atoms with Crippen LogP contribution in [0, 0.1) is 5.92 Å². The highest BCUT2D eigenvalue weighted by atomic mass is 16.1. The summed E-state index contributed by atoms with van der Waals surface area (Å²) in [6.45, 7) is 4.55. The van der Waals surface area contributed by atoms with E-state index in [1.807, 2.05) is 0 Å². The second-order valence-corrected chi connectivity index (χ2v) is 10.1. The third-order valence-corrected chi connectivity index (χ3v) is 6.87. The van der Waals surface area contributed by atoms with Crippen LogP contribution in [0.1, 0.15) is 168 Å². The summed E-state index contributed by atoms with van der Waals surface area (Å²) in [6.07, 6.45) is 36.0. The minimum atomic E-state index is -0.0708. The number of primary amides is 1. The molecule has 0 bridgehead atoms. The van der Waals surface area contributed by atoms with Crippen molar-refractivity contribution in [3.05, 3.63) is 12.2 Å². The first-order chi connectivity index (χ1) is 15.7. The first-order valence-electron chi connectivity index (χ1n) is 14.7. The second-order valence-electron chi connectivity index (χ2n) is 10.1. The summed E-state index contributed by atoms with van der Waals surface area (Å²) in [5, 5.41) is 0. The van der Waals surface area contributed by atoms with Crippen LogP contribution in [0.15, 0.2) is 12.2 Å². The molecule has 2 N–H and O–H groups in total. The number of unbranched alkanes of at least 4 members (excludes halogenated alkanes) is 19. The van der Waals surface area contributed by atoms with Crippen molar-refractivity contribution < 1.29 is 4.79 Å². The number of carbonyl (C=O) groups excluding carboxylic acids is 1. The molecule has 190 valence electrons. The van der Waals surface area contributed by atoms with Crippen molar-refractivity contribution in [2.45, 2.75) is 168 Å². The van der Waals surface area contributed by atoms with Crippen molar-refractivity contribution in [3.63, 3.8) is 0 Å². The Morgan fingerprint density at radius 2 is 0.844 bits per heavy atom. The van der Waals surface area contributed by atoms with Crippen LogP contribution in [-0.2, 0) is 4.79 Å².